The summed E-state index contributed by atoms with van der Waals surface area (Å²) in [5, 5.41) is 27.4. The maximum Gasteiger partial charge on any atom is 0.414 e. The summed E-state index contributed by atoms with van der Waals surface area (Å²) >= 11 is 11.8. The van der Waals surface area contributed by atoms with E-state index in [1.54, 1.807) is 12.1 Å². The summed E-state index contributed by atoms with van der Waals surface area (Å²) in [6.07, 6.45) is 1.93. The molecule has 7 nitrogen and oxygen atoms in total. The zero-order chi connectivity index (χ0) is 17.7. The topological polar surface area (TPSA) is 116 Å². The molecule has 0 spiro atoms. The standard InChI is InChI=1S/C12H17Cl2NO2.C2H2O4/c13-10-4-3-5-11(12(10)14)17-9-2-1-6-15-7-8-16;3-1(4)2(5)6/h3-5,15-16H,1-2,6-9H2;(H,3,4)(H,5,6). The molecule has 0 bridgehead atoms. The van der Waals surface area contributed by atoms with Crippen molar-refractivity contribution in [2.24, 2.45) is 0 Å². The van der Waals surface area contributed by atoms with Gasteiger partial charge in [0.15, 0.2) is 0 Å². The van der Waals surface area contributed by atoms with Crippen LogP contribution >= 0.6 is 23.2 Å². The molecule has 130 valence electrons. The number of hydrogen-bond donors (Lipinski definition) is 4. The van der Waals surface area contributed by atoms with Crippen LogP contribution in [-0.2, 0) is 9.59 Å². The molecule has 4 N–H and O–H groups in total. The molecule has 0 saturated carbocycles. The molecule has 0 aliphatic rings. The zero-order valence-corrected chi connectivity index (χ0v) is 13.8. The molecule has 0 aliphatic carbocycles. The smallest absolute Gasteiger partial charge is 0.414 e. The van der Waals surface area contributed by atoms with Crippen molar-refractivity contribution >= 4 is 35.1 Å². The van der Waals surface area contributed by atoms with E-state index in [1.807, 2.05) is 6.07 Å². The first-order valence-electron chi connectivity index (χ1n) is 6.74. The molecule has 0 saturated heterocycles. The predicted molar refractivity (Wildman–Crippen MR) is 86.4 cm³/mol. The fourth-order valence-corrected chi connectivity index (χ4v) is 1.68. The van der Waals surface area contributed by atoms with Crippen LogP contribution in [0.4, 0.5) is 0 Å². The average molecular weight is 368 g/mol. The number of aliphatic hydroxyl groups is 1. The lowest BCUT2D eigenvalue weighted by Gasteiger charge is -2.08. The van der Waals surface area contributed by atoms with Gasteiger partial charge >= 0.3 is 11.9 Å². The maximum absolute atomic E-state index is 9.10. The molecule has 0 atom stereocenters. The highest BCUT2D eigenvalue weighted by Crippen LogP contribution is 2.31. The molecule has 1 aromatic rings. The number of halogens is 2. The van der Waals surface area contributed by atoms with Crippen molar-refractivity contribution in [2.75, 3.05) is 26.3 Å². The number of aliphatic carboxylic acids is 2. The Hall–Kier alpha value is -1.54. The van der Waals surface area contributed by atoms with Gasteiger partial charge in [0.25, 0.3) is 0 Å². The lowest BCUT2D eigenvalue weighted by molar-refractivity contribution is -0.159. The highest BCUT2D eigenvalue weighted by Gasteiger charge is 2.05. The van der Waals surface area contributed by atoms with E-state index in [2.05, 4.69) is 5.32 Å². The van der Waals surface area contributed by atoms with E-state index in [1.165, 1.54) is 0 Å². The fourth-order valence-electron chi connectivity index (χ4n) is 1.33. The number of rotatable bonds is 8. The van der Waals surface area contributed by atoms with E-state index >= 15 is 0 Å². The average Bonchev–Trinajstić information content (AvgIpc) is 2.51. The number of carboxylic acid groups (broad SMARTS) is 2. The number of unbranched alkanes of at least 4 members (excludes halogenated alkanes) is 1. The van der Waals surface area contributed by atoms with Crippen LogP contribution in [0.2, 0.25) is 10.0 Å². The van der Waals surface area contributed by atoms with Crippen LogP contribution in [0.3, 0.4) is 0 Å². The lowest BCUT2D eigenvalue weighted by Crippen LogP contribution is -2.19. The number of aliphatic hydroxyl groups excluding tert-OH is 1. The van der Waals surface area contributed by atoms with Crippen LogP contribution in [0.1, 0.15) is 12.8 Å². The number of carboxylic acids is 2. The molecule has 0 fully saturated rings. The van der Waals surface area contributed by atoms with Crippen LogP contribution in [-0.4, -0.2) is 53.6 Å². The van der Waals surface area contributed by atoms with Gasteiger partial charge in [-0.2, -0.15) is 0 Å². The van der Waals surface area contributed by atoms with Gasteiger partial charge in [0.05, 0.1) is 18.2 Å². The molecular formula is C14H19Cl2NO6. The second-order valence-electron chi connectivity index (χ2n) is 4.19. The molecule has 0 radical (unpaired) electrons. The van der Waals surface area contributed by atoms with Gasteiger partial charge in [-0.05, 0) is 31.5 Å². The third-order valence-electron chi connectivity index (χ3n) is 2.39. The summed E-state index contributed by atoms with van der Waals surface area (Å²) in [6.45, 7) is 2.31. The first kappa shape index (κ1) is 21.5. The van der Waals surface area contributed by atoms with E-state index in [0.29, 0.717) is 28.9 Å². The Labute approximate surface area is 143 Å². The highest BCUT2D eigenvalue weighted by molar-refractivity contribution is 6.42. The Morgan fingerprint density at radius 3 is 2.30 bits per heavy atom. The van der Waals surface area contributed by atoms with Crippen molar-refractivity contribution in [3.8, 4) is 5.75 Å². The van der Waals surface area contributed by atoms with Crippen molar-refractivity contribution in [2.45, 2.75) is 12.8 Å². The summed E-state index contributed by atoms with van der Waals surface area (Å²) in [5.41, 5.74) is 0. The van der Waals surface area contributed by atoms with Gasteiger partial charge in [0.2, 0.25) is 0 Å². The van der Waals surface area contributed by atoms with Gasteiger partial charge in [-0.25, -0.2) is 9.59 Å². The molecule has 1 aromatic carbocycles. The minimum absolute atomic E-state index is 0.175. The van der Waals surface area contributed by atoms with Crippen molar-refractivity contribution in [1.82, 2.24) is 5.32 Å². The Morgan fingerprint density at radius 2 is 1.74 bits per heavy atom. The van der Waals surface area contributed by atoms with Gasteiger partial charge in [-0.1, -0.05) is 29.3 Å². The van der Waals surface area contributed by atoms with Crippen LogP contribution in [0.5, 0.6) is 5.75 Å². The highest BCUT2D eigenvalue weighted by atomic mass is 35.5. The number of hydrogen-bond acceptors (Lipinski definition) is 5. The molecule has 9 heteroatoms. The third kappa shape index (κ3) is 10.8. The van der Waals surface area contributed by atoms with E-state index in [0.717, 1.165) is 19.4 Å². The summed E-state index contributed by atoms with van der Waals surface area (Å²) in [7, 11) is 0. The predicted octanol–water partition coefficient (Wildman–Crippen LogP) is 1.89. The molecule has 0 amide bonds. The summed E-state index contributed by atoms with van der Waals surface area (Å²) < 4.78 is 5.53. The van der Waals surface area contributed by atoms with Gasteiger partial charge < -0.3 is 25.4 Å². The van der Waals surface area contributed by atoms with Crippen molar-refractivity contribution in [1.29, 1.82) is 0 Å². The van der Waals surface area contributed by atoms with Crippen molar-refractivity contribution in [3.63, 3.8) is 0 Å². The lowest BCUT2D eigenvalue weighted by atomic mass is 10.3. The summed E-state index contributed by atoms with van der Waals surface area (Å²) in [5.74, 6) is -3.02. The SMILES string of the molecule is O=C(O)C(=O)O.OCCNCCCCOc1cccc(Cl)c1Cl. The molecule has 23 heavy (non-hydrogen) atoms. The van der Waals surface area contributed by atoms with Crippen LogP contribution in [0.15, 0.2) is 18.2 Å². The molecule has 1 rings (SSSR count). The van der Waals surface area contributed by atoms with Gasteiger partial charge in [-0.15, -0.1) is 0 Å². The minimum Gasteiger partial charge on any atom is -0.492 e. The second kappa shape index (κ2) is 13.0. The number of ether oxygens (including phenoxy) is 1. The molecular weight excluding hydrogens is 349 g/mol. The molecule has 0 unspecified atom stereocenters. The first-order valence-corrected chi connectivity index (χ1v) is 7.50. The largest absolute Gasteiger partial charge is 0.492 e. The third-order valence-corrected chi connectivity index (χ3v) is 3.19. The van der Waals surface area contributed by atoms with Crippen molar-refractivity contribution in [3.05, 3.63) is 28.2 Å². The Kier molecular flexibility index (Phi) is 12.1. The summed E-state index contributed by atoms with van der Waals surface area (Å²) in [6, 6.07) is 5.35. The first-order chi connectivity index (χ1) is 10.9. The van der Waals surface area contributed by atoms with Gasteiger partial charge in [0, 0.05) is 6.54 Å². The van der Waals surface area contributed by atoms with E-state index in [9.17, 15) is 0 Å². The Morgan fingerprint density at radius 1 is 1.09 bits per heavy atom. The quantitative estimate of drug-likeness (QED) is 0.409. The van der Waals surface area contributed by atoms with E-state index in [4.69, 9.17) is 52.8 Å². The molecule has 0 heterocycles. The van der Waals surface area contributed by atoms with Gasteiger partial charge in [-0.3, -0.25) is 0 Å². The van der Waals surface area contributed by atoms with Crippen LogP contribution in [0, 0.1) is 0 Å². The normalized spacial score (nSPS) is 9.70. The fraction of sp³-hybridized carbons (Fsp3) is 0.429. The minimum atomic E-state index is -1.82. The summed E-state index contributed by atoms with van der Waals surface area (Å²) in [4.78, 5) is 18.2. The van der Waals surface area contributed by atoms with Crippen LogP contribution in [0.25, 0.3) is 0 Å². The number of carbonyl (C=O) groups is 2. The number of benzene rings is 1. The Balaban J connectivity index is 0.000000688. The monoisotopic (exact) mass is 367 g/mol. The maximum atomic E-state index is 9.10. The van der Waals surface area contributed by atoms with Crippen LogP contribution < -0.4 is 10.1 Å². The van der Waals surface area contributed by atoms with E-state index < -0.39 is 11.9 Å². The molecule has 0 aromatic heterocycles. The van der Waals surface area contributed by atoms with Gasteiger partial charge in [0.1, 0.15) is 10.8 Å². The van der Waals surface area contributed by atoms with E-state index in [-0.39, 0.29) is 6.61 Å². The zero-order valence-electron chi connectivity index (χ0n) is 12.3. The number of nitrogens with one attached hydrogen (secondary N) is 1. The van der Waals surface area contributed by atoms with Crippen molar-refractivity contribution < 1.29 is 29.6 Å². The second-order valence-corrected chi connectivity index (χ2v) is 4.98. The Bertz CT molecular complexity index is 486. The molecule has 0 aliphatic heterocycles.